The van der Waals surface area contributed by atoms with Crippen molar-refractivity contribution in [3.05, 3.63) is 88.4 Å². The summed E-state index contributed by atoms with van der Waals surface area (Å²) < 4.78 is 11.4. The minimum atomic E-state index is -0.413. The quantitative estimate of drug-likeness (QED) is 0.276. The van der Waals surface area contributed by atoms with Gasteiger partial charge in [-0.1, -0.05) is 34.1 Å². The number of methoxy groups -OCH3 is 1. The van der Waals surface area contributed by atoms with E-state index in [1.54, 1.807) is 54.5 Å². The molecule has 182 valence electrons. The molecule has 0 aliphatic heterocycles. The molecule has 0 radical (unpaired) electrons. The Labute approximate surface area is 218 Å². The number of halogens is 1. The van der Waals surface area contributed by atoms with E-state index in [2.05, 4.69) is 26.6 Å². The Kier molecular flexibility index (Phi) is 9.77. The highest BCUT2D eigenvalue weighted by molar-refractivity contribution is 9.10. The second-order valence-electron chi connectivity index (χ2n) is 7.35. The van der Waals surface area contributed by atoms with Gasteiger partial charge < -0.3 is 19.7 Å². The van der Waals surface area contributed by atoms with Crippen LogP contribution in [0.1, 0.15) is 27.6 Å². The number of carbonyl (C=O) groups is 2. The van der Waals surface area contributed by atoms with E-state index in [-0.39, 0.29) is 11.0 Å². The molecule has 0 heterocycles. The number of thiocarbonyl (C=S) groups is 1. The lowest BCUT2D eigenvalue weighted by Gasteiger charge is -2.21. The van der Waals surface area contributed by atoms with E-state index in [4.69, 9.17) is 21.7 Å². The fourth-order valence-electron chi connectivity index (χ4n) is 3.28. The first kappa shape index (κ1) is 26.3. The van der Waals surface area contributed by atoms with Crippen molar-refractivity contribution in [2.45, 2.75) is 6.92 Å². The number of para-hydroxylation sites is 1. The van der Waals surface area contributed by atoms with Crippen LogP contribution in [0.25, 0.3) is 0 Å². The molecular formula is C26H26BrN3O4S. The van der Waals surface area contributed by atoms with Gasteiger partial charge in [-0.3, -0.25) is 14.9 Å². The van der Waals surface area contributed by atoms with E-state index >= 15 is 0 Å². The number of amides is 2. The van der Waals surface area contributed by atoms with Crippen LogP contribution in [-0.2, 0) is 4.74 Å². The lowest BCUT2D eigenvalue weighted by atomic mass is 10.1. The Bertz CT molecular complexity index is 1170. The van der Waals surface area contributed by atoms with Crippen LogP contribution in [0.15, 0.2) is 77.3 Å². The topological polar surface area (TPSA) is 79.9 Å². The number of ether oxygens (including phenoxy) is 2. The molecule has 3 rings (SSSR count). The largest absolute Gasteiger partial charge is 0.490 e. The van der Waals surface area contributed by atoms with Crippen LogP contribution >= 0.6 is 28.1 Å². The third-order valence-electron chi connectivity index (χ3n) is 4.98. The molecule has 7 nitrogen and oxygen atoms in total. The summed E-state index contributed by atoms with van der Waals surface area (Å²) in [5.41, 5.74) is 2.36. The van der Waals surface area contributed by atoms with E-state index < -0.39 is 5.91 Å². The fourth-order valence-corrected chi connectivity index (χ4v) is 3.85. The first-order chi connectivity index (χ1) is 16.9. The van der Waals surface area contributed by atoms with Crippen LogP contribution in [0.4, 0.5) is 11.4 Å². The first-order valence-electron chi connectivity index (χ1n) is 10.9. The predicted molar refractivity (Wildman–Crippen MR) is 145 cm³/mol. The molecule has 0 aliphatic rings. The Balaban J connectivity index is 1.63. The van der Waals surface area contributed by atoms with Crippen molar-refractivity contribution >= 4 is 56.4 Å². The van der Waals surface area contributed by atoms with Gasteiger partial charge in [0, 0.05) is 35.1 Å². The van der Waals surface area contributed by atoms with Gasteiger partial charge in [-0.15, -0.1) is 0 Å². The molecule has 2 N–H and O–H groups in total. The van der Waals surface area contributed by atoms with E-state index in [0.717, 1.165) is 10.2 Å². The minimum absolute atomic E-state index is 0.100. The Morgan fingerprint density at radius 3 is 2.37 bits per heavy atom. The molecule has 0 atom stereocenters. The van der Waals surface area contributed by atoms with Crippen molar-refractivity contribution in [2.75, 3.05) is 37.1 Å². The number of anilines is 2. The highest BCUT2D eigenvalue weighted by atomic mass is 79.9. The SMILES string of the molecule is CCN(C(=O)c1ccc(NC(=S)NC(=O)c2cc(Br)ccc2OCCOC)cc1)c1ccccc1. The number of carbonyl (C=O) groups excluding carboxylic acids is 2. The third kappa shape index (κ3) is 7.35. The van der Waals surface area contributed by atoms with Crippen molar-refractivity contribution < 1.29 is 19.1 Å². The third-order valence-corrected chi connectivity index (χ3v) is 5.67. The van der Waals surface area contributed by atoms with Crippen LogP contribution in [0.3, 0.4) is 0 Å². The molecule has 0 saturated carbocycles. The Morgan fingerprint density at radius 1 is 1.00 bits per heavy atom. The van der Waals surface area contributed by atoms with Crippen molar-refractivity contribution in [1.29, 1.82) is 0 Å². The number of nitrogens with zero attached hydrogens (tertiary/aromatic N) is 1. The fraction of sp³-hybridized carbons (Fsp3) is 0.192. The van der Waals surface area contributed by atoms with E-state index in [1.807, 2.05) is 37.3 Å². The molecule has 0 aliphatic carbocycles. The molecule has 9 heteroatoms. The lowest BCUT2D eigenvalue weighted by Crippen LogP contribution is -2.34. The van der Waals surface area contributed by atoms with Gasteiger partial charge in [-0.05, 0) is 73.7 Å². The molecule has 0 unspecified atom stereocenters. The van der Waals surface area contributed by atoms with Gasteiger partial charge in [0.2, 0.25) is 0 Å². The summed E-state index contributed by atoms with van der Waals surface area (Å²) >= 11 is 8.69. The number of rotatable bonds is 9. The van der Waals surface area contributed by atoms with Crippen molar-refractivity contribution in [1.82, 2.24) is 5.32 Å². The number of hydrogen-bond donors (Lipinski definition) is 2. The molecule has 0 aromatic heterocycles. The second kappa shape index (κ2) is 13.0. The van der Waals surface area contributed by atoms with Crippen LogP contribution in [0.5, 0.6) is 5.75 Å². The molecular weight excluding hydrogens is 530 g/mol. The van der Waals surface area contributed by atoms with E-state index in [1.165, 1.54) is 0 Å². The van der Waals surface area contributed by atoms with Crippen molar-refractivity contribution in [2.24, 2.45) is 0 Å². The van der Waals surface area contributed by atoms with Crippen molar-refractivity contribution in [3.63, 3.8) is 0 Å². The molecule has 3 aromatic carbocycles. The Hall–Kier alpha value is -3.27. The zero-order chi connectivity index (χ0) is 25.2. The molecule has 0 fully saturated rings. The summed E-state index contributed by atoms with van der Waals surface area (Å²) in [6, 6.07) is 21.6. The van der Waals surface area contributed by atoms with Crippen LogP contribution in [0.2, 0.25) is 0 Å². The van der Waals surface area contributed by atoms with E-state index in [9.17, 15) is 9.59 Å². The standard InChI is InChI=1S/C26H26BrN3O4S/c1-3-30(21-7-5-4-6-8-21)25(32)18-9-12-20(13-10-18)28-26(35)29-24(31)22-17-19(27)11-14-23(22)34-16-15-33-2/h4-14,17H,3,15-16H2,1-2H3,(H2,28,29,31,35). The number of benzene rings is 3. The molecule has 3 aromatic rings. The first-order valence-corrected chi connectivity index (χ1v) is 12.1. The normalized spacial score (nSPS) is 10.4. The minimum Gasteiger partial charge on any atom is -0.490 e. The highest BCUT2D eigenvalue weighted by Gasteiger charge is 2.17. The molecule has 35 heavy (non-hydrogen) atoms. The summed E-state index contributed by atoms with van der Waals surface area (Å²) in [6.45, 7) is 3.19. The monoisotopic (exact) mass is 555 g/mol. The van der Waals surface area contributed by atoms with Crippen LogP contribution in [-0.4, -0.2) is 43.8 Å². The van der Waals surface area contributed by atoms with Gasteiger partial charge >= 0.3 is 0 Å². The van der Waals surface area contributed by atoms with Gasteiger partial charge in [0.25, 0.3) is 11.8 Å². The smallest absolute Gasteiger partial charge is 0.261 e. The average Bonchev–Trinajstić information content (AvgIpc) is 2.86. The maximum Gasteiger partial charge on any atom is 0.261 e. The zero-order valence-electron chi connectivity index (χ0n) is 19.4. The highest BCUT2D eigenvalue weighted by Crippen LogP contribution is 2.23. The summed E-state index contributed by atoms with van der Waals surface area (Å²) in [7, 11) is 1.58. The maximum absolute atomic E-state index is 13.0. The summed E-state index contributed by atoms with van der Waals surface area (Å²) in [6.07, 6.45) is 0. The predicted octanol–water partition coefficient (Wildman–Crippen LogP) is 5.27. The Morgan fingerprint density at radius 2 is 1.71 bits per heavy atom. The van der Waals surface area contributed by atoms with Crippen molar-refractivity contribution in [3.8, 4) is 5.75 Å². The zero-order valence-corrected chi connectivity index (χ0v) is 21.8. The second-order valence-corrected chi connectivity index (χ2v) is 8.68. The summed E-state index contributed by atoms with van der Waals surface area (Å²) in [5, 5.41) is 5.76. The van der Waals surface area contributed by atoms with Gasteiger partial charge in [-0.25, -0.2) is 0 Å². The molecule has 0 bridgehead atoms. The maximum atomic E-state index is 13.0. The molecule has 0 saturated heterocycles. The summed E-state index contributed by atoms with van der Waals surface area (Å²) in [4.78, 5) is 27.5. The van der Waals surface area contributed by atoms with Gasteiger partial charge in [0.15, 0.2) is 5.11 Å². The molecule has 0 spiro atoms. The average molecular weight is 556 g/mol. The summed E-state index contributed by atoms with van der Waals surface area (Å²) in [5.74, 6) is -0.0893. The van der Waals surface area contributed by atoms with Crippen LogP contribution in [0, 0.1) is 0 Å². The van der Waals surface area contributed by atoms with Gasteiger partial charge in [0.1, 0.15) is 12.4 Å². The van der Waals surface area contributed by atoms with Gasteiger partial charge in [0.05, 0.1) is 12.2 Å². The van der Waals surface area contributed by atoms with Gasteiger partial charge in [-0.2, -0.15) is 0 Å². The number of hydrogen-bond acceptors (Lipinski definition) is 5. The molecule has 2 amide bonds. The lowest BCUT2D eigenvalue weighted by molar-refractivity contribution is 0.0966. The van der Waals surface area contributed by atoms with Crippen LogP contribution < -0.4 is 20.3 Å². The van der Waals surface area contributed by atoms with E-state index in [0.29, 0.717) is 42.3 Å². The number of nitrogens with one attached hydrogen (secondary N) is 2.